The number of aryl methyl sites for hydroxylation is 1. The number of non-ortho nitro benzene ring substituents is 1. The van der Waals surface area contributed by atoms with Crippen molar-refractivity contribution < 1.29 is 9.72 Å². The summed E-state index contributed by atoms with van der Waals surface area (Å²) < 4.78 is 0. The highest BCUT2D eigenvalue weighted by Crippen LogP contribution is 2.29. The lowest BCUT2D eigenvalue weighted by molar-refractivity contribution is -0.384. The van der Waals surface area contributed by atoms with E-state index in [1.54, 1.807) is 13.0 Å². The molecule has 6 heteroatoms. The van der Waals surface area contributed by atoms with E-state index >= 15 is 0 Å². The van der Waals surface area contributed by atoms with Crippen molar-refractivity contribution in [2.24, 2.45) is 5.92 Å². The lowest BCUT2D eigenvalue weighted by Crippen LogP contribution is -2.31. The van der Waals surface area contributed by atoms with Crippen LogP contribution in [0.15, 0.2) is 18.2 Å². The molecule has 5 nitrogen and oxygen atoms in total. The summed E-state index contributed by atoms with van der Waals surface area (Å²) >= 11 is 6.17. The molecule has 1 fully saturated rings. The van der Waals surface area contributed by atoms with E-state index in [4.69, 9.17) is 11.6 Å². The zero-order valence-electron chi connectivity index (χ0n) is 11.3. The normalized spacial score (nSPS) is 21.7. The van der Waals surface area contributed by atoms with Crippen molar-refractivity contribution in [1.82, 2.24) is 5.32 Å². The average Bonchev–Trinajstić information content (AvgIpc) is 2.81. The van der Waals surface area contributed by atoms with Crippen LogP contribution in [0.3, 0.4) is 0 Å². The molecule has 0 bridgehead atoms. The molecule has 1 aromatic carbocycles. The Labute approximate surface area is 122 Å². The van der Waals surface area contributed by atoms with Gasteiger partial charge in [0.25, 0.3) is 11.6 Å². The van der Waals surface area contributed by atoms with E-state index < -0.39 is 4.92 Å². The summed E-state index contributed by atoms with van der Waals surface area (Å²) in [7, 11) is 0. The van der Waals surface area contributed by atoms with Crippen molar-refractivity contribution in [3.8, 4) is 0 Å². The van der Waals surface area contributed by atoms with Crippen LogP contribution in [0.25, 0.3) is 0 Å². The van der Waals surface area contributed by atoms with Gasteiger partial charge in [-0.1, -0.05) is 12.5 Å². The second-order valence-electron chi connectivity index (χ2n) is 5.17. The van der Waals surface area contributed by atoms with Gasteiger partial charge in [-0.05, 0) is 31.2 Å². The number of hydrogen-bond acceptors (Lipinski definition) is 3. The van der Waals surface area contributed by atoms with Gasteiger partial charge < -0.3 is 5.32 Å². The second-order valence-corrected chi connectivity index (χ2v) is 5.73. The molecule has 108 valence electrons. The van der Waals surface area contributed by atoms with Gasteiger partial charge in [0.05, 0.1) is 4.92 Å². The first-order valence-electron chi connectivity index (χ1n) is 6.66. The number of halogens is 1. The molecule has 1 aliphatic carbocycles. The van der Waals surface area contributed by atoms with Crippen LogP contribution in [0.1, 0.15) is 35.2 Å². The smallest absolute Gasteiger partial charge is 0.270 e. The van der Waals surface area contributed by atoms with Crippen LogP contribution in [0.2, 0.25) is 0 Å². The van der Waals surface area contributed by atoms with Crippen molar-refractivity contribution in [2.45, 2.75) is 31.6 Å². The molecule has 0 heterocycles. The minimum Gasteiger partial charge on any atom is -0.352 e. The molecule has 0 saturated heterocycles. The highest BCUT2D eigenvalue weighted by Gasteiger charge is 2.26. The Morgan fingerprint density at radius 3 is 2.85 bits per heavy atom. The van der Waals surface area contributed by atoms with Gasteiger partial charge in [0.1, 0.15) is 0 Å². The molecule has 2 rings (SSSR count). The van der Waals surface area contributed by atoms with Gasteiger partial charge in [-0.25, -0.2) is 0 Å². The topological polar surface area (TPSA) is 72.2 Å². The van der Waals surface area contributed by atoms with Gasteiger partial charge in [-0.3, -0.25) is 14.9 Å². The van der Waals surface area contributed by atoms with E-state index in [1.807, 2.05) is 0 Å². The highest BCUT2D eigenvalue weighted by molar-refractivity contribution is 6.21. The fourth-order valence-corrected chi connectivity index (χ4v) is 2.88. The third kappa shape index (κ3) is 3.28. The molecule has 0 aromatic heterocycles. The molecule has 2 unspecified atom stereocenters. The molecule has 0 aliphatic heterocycles. The van der Waals surface area contributed by atoms with E-state index in [0.29, 0.717) is 18.0 Å². The first-order chi connectivity index (χ1) is 9.49. The number of nitrogens with zero attached hydrogens (tertiary/aromatic N) is 1. The van der Waals surface area contributed by atoms with Crippen molar-refractivity contribution in [3.05, 3.63) is 39.4 Å². The maximum Gasteiger partial charge on any atom is 0.270 e. The number of benzene rings is 1. The zero-order chi connectivity index (χ0) is 14.7. The van der Waals surface area contributed by atoms with Crippen LogP contribution in [0.5, 0.6) is 0 Å². The first-order valence-corrected chi connectivity index (χ1v) is 7.10. The predicted octanol–water partition coefficient (Wildman–Crippen LogP) is 3.04. The van der Waals surface area contributed by atoms with E-state index in [9.17, 15) is 14.9 Å². The quantitative estimate of drug-likeness (QED) is 0.527. The summed E-state index contributed by atoms with van der Waals surface area (Å²) in [6.45, 7) is 2.29. The fourth-order valence-electron chi connectivity index (χ4n) is 2.51. The molecule has 1 aliphatic rings. The summed E-state index contributed by atoms with van der Waals surface area (Å²) in [6.07, 6.45) is 3.09. The van der Waals surface area contributed by atoms with Crippen molar-refractivity contribution >= 4 is 23.2 Å². The Balaban J connectivity index is 2.05. The number of amides is 1. The van der Waals surface area contributed by atoms with Gasteiger partial charge in [-0.2, -0.15) is 0 Å². The fraction of sp³-hybridized carbons (Fsp3) is 0.500. The van der Waals surface area contributed by atoms with Gasteiger partial charge in [-0.15, -0.1) is 11.6 Å². The van der Waals surface area contributed by atoms with Crippen LogP contribution in [-0.4, -0.2) is 22.8 Å². The van der Waals surface area contributed by atoms with E-state index in [2.05, 4.69) is 5.32 Å². The summed E-state index contributed by atoms with van der Waals surface area (Å²) in [6, 6.07) is 4.31. The van der Waals surface area contributed by atoms with Gasteiger partial charge in [0, 0.05) is 29.6 Å². The van der Waals surface area contributed by atoms with Crippen molar-refractivity contribution in [2.75, 3.05) is 6.54 Å². The van der Waals surface area contributed by atoms with Crippen LogP contribution >= 0.6 is 11.6 Å². The number of nitro benzene ring substituents is 1. The van der Waals surface area contributed by atoms with Crippen LogP contribution < -0.4 is 5.32 Å². The Kier molecular flexibility index (Phi) is 4.60. The molecule has 1 aromatic rings. The first kappa shape index (κ1) is 14.8. The molecule has 0 spiro atoms. The minimum atomic E-state index is -0.498. The number of carbonyl (C=O) groups excluding carboxylic acids is 1. The third-order valence-corrected chi connectivity index (χ3v) is 4.34. The van der Waals surface area contributed by atoms with Gasteiger partial charge in [0.2, 0.25) is 0 Å². The van der Waals surface area contributed by atoms with Crippen molar-refractivity contribution in [1.29, 1.82) is 0 Å². The minimum absolute atomic E-state index is 0.0724. The number of nitro groups is 1. The number of alkyl halides is 1. The van der Waals surface area contributed by atoms with Gasteiger partial charge in [0.15, 0.2) is 0 Å². The SMILES string of the molecule is Cc1ccc([N+](=O)[O-])cc1C(=O)NCC1CCCC1Cl. The Morgan fingerprint density at radius 1 is 1.50 bits per heavy atom. The largest absolute Gasteiger partial charge is 0.352 e. The highest BCUT2D eigenvalue weighted by atomic mass is 35.5. The molecule has 2 atom stereocenters. The number of carbonyl (C=O) groups is 1. The molecule has 20 heavy (non-hydrogen) atoms. The van der Waals surface area contributed by atoms with Crippen LogP contribution in [-0.2, 0) is 0 Å². The standard InChI is InChI=1S/C14H17ClN2O3/c1-9-5-6-11(17(19)20)7-12(9)14(18)16-8-10-3-2-4-13(10)15/h5-7,10,13H,2-4,8H2,1H3,(H,16,18). The Bertz CT molecular complexity index is 533. The lowest BCUT2D eigenvalue weighted by atomic mass is 10.1. The monoisotopic (exact) mass is 296 g/mol. The lowest BCUT2D eigenvalue weighted by Gasteiger charge is -2.15. The number of rotatable bonds is 4. The van der Waals surface area contributed by atoms with Crippen molar-refractivity contribution in [3.63, 3.8) is 0 Å². The maximum atomic E-state index is 12.1. The molecule has 0 radical (unpaired) electrons. The number of nitrogens with one attached hydrogen (secondary N) is 1. The van der Waals surface area contributed by atoms with Gasteiger partial charge >= 0.3 is 0 Å². The summed E-state index contributed by atoms with van der Waals surface area (Å²) in [5.74, 6) is 0.0154. The molecular formula is C14H17ClN2O3. The molecule has 1 amide bonds. The van der Waals surface area contributed by atoms with Crippen LogP contribution in [0, 0.1) is 23.0 Å². The number of hydrogen-bond donors (Lipinski definition) is 1. The summed E-state index contributed by atoms with van der Waals surface area (Å²) in [5.41, 5.74) is 1.00. The zero-order valence-corrected chi connectivity index (χ0v) is 12.0. The third-order valence-electron chi connectivity index (χ3n) is 3.77. The van der Waals surface area contributed by atoms with E-state index in [0.717, 1.165) is 24.8 Å². The molecule has 1 saturated carbocycles. The predicted molar refractivity (Wildman–Crippen MR) is 77.1 cm³/mol. The Hall–Kier alpha value is -1.62. The molecule has 1 N–H and O–H groups in total. The maximum absolute atomic E-state index is 12.1. The second kappa shape index (κ2) is 6.22. The Morgan fingerprint density at radius 2 is 2.25 bits per heavy atom. The van der Waals surface area contributed by atoms with Crippen LogP contribution in [0.4, 0.5) is 5.69 Å². The van der Waals surface area contributed by atoms with E-state index in [1.165, 1.54) is 12.1 Å². The average molecular weight is 297 g/mol. The summed E-state index contributed by atoms with van der Waals surface area (Å²) in [5, 5.41) is 13.7. The summed E-state index contributed by atoms with van der Waals surface area (Å²) in [4.78, 5) is 22.4. The van der Waals surface area contributed by atoms with E-state index in [-0.39, 0.29) is 17.0 Å². The molecular weight excluding hydrogens is 280 g/mol.